The lowest BCUT2D eigenvalue weighted by Gasteiger charge is -2.11. The zero-order chi connectivity index (χ0) is 9.84. The summed E-state index contributed by atoms with van der Waals surface area (Å²) in [7, 11) is 1.58. The molecule has 0 aliphatic heterocycles. The molecule has 72 valence electrons. The Balaban J connectivity index is 3.18. The molecule has 13 heavy (non-hydrogen) atoms. The minimum atomic E-state index is 0.109. The van der Waals surface area contributed by atoms with Crippen LogP contribution >= 0.6 is 11.6 Å². The summed E-state index contributed by atoms with van der Waals surface area (Å²) in [4.78, 5) is 0. The van der Waals surface area contributed by atoms with Crippen LogP contribution in [0.5, 0.6) is 5.75 Å². The van der Waals surface area contributed by atoms with E-state index in [0.29, 0.717) is 17.2 Å². The van der Waals surface area contributed by atoms with Crippen molar-refractivity contribution in [3.63, 3.8) is 0 Å². The second-order valence-corrected chi connectivity index (χ2v) is 3.26. The van der Waals surface area contributed by atoms with E-state index in [1.807, 2.05) is 13.0 Å². The number of benzene rings is 1. The molecule has 0 aliphatic carbocycles. The largest absolute Gasteiger partial charge is 0.495 e. The van der Waals surface area contributed by atoms with Gasteiger partial charge in [0.15, 0.2) is 0 Å². The lowest BCUT2D eigenvalue weighted by atomic mass is 10.1. The highest BCUT2D eigenvalue weighted by molar-refractivity contribution is 6.32. The number of aryl methyl sites for hydroxylation is 1. The van der Waals surface area contributed by atoms with E-state index in [1.54, 1.807) is 13.2 Å². The summed E-state index contributed by atoms with van der Waals surface area (Å²) in [6.45, 7) is 2.08. The van der Waals surface area contributed by atoms with E-state index < -0.39 is 0 Å². The molecule has 0 spiro atoms. The molecule has 0 amide bonds. The fraction of sp³-hybridized carbons (Fsp3) is 0.400. The molecule has 0 fully saturated rings. The molecule has 1 aromatic rings. The molecule has 1 aromatic carbocycles. The van der Waals surface area contributed by atoms with Gasteiger partial charge in [0, 0.05) is 12.2 Å². The van der Waals surface area contributed by atoms with Gasteiger partial charge in [-0.1, -0.05) is 17.7 Å². The van der Waals surface area contributed by atoms with Crippen molar-refractivity contribution < 1.29 is 9.84 Å². The van der Waals surface area contributed by atoms with E-state index in [0.717, 1.165) is 11.1 Å². The number of methoxy groups -OCH3 is 1. The van der Waals surface area contributed by atoms with Crippen molar-refractivity contribution in [2.24, 2.45) is 0 Å². The summed E-state index contributed by atoms with van der Waals surface area (Å²) in [5.74, 6) is 0.677. The van der Waals surface area contributed by atoms with Gasteiger partial charge in [0.2, 0.25) is 0 Å². The lowest BCUT2D eigenvalue weighted by molar-refractivity contribution is 0.296. The first-order valence-corrected chi connectivity index (χ1v) is 4.51. The smallest absolute Gasteiger partial charge is 0.140 e. The first-order valence-electron chi connectivity index (χ1n) is 4.13. The lowest BCUT2D eigenvalue weighted by Crippen LogP contribution is -1.99. The van der Waals surface area contributed by atoms with Crippen molar-refractivity contribution in [2.75, 3.05) is 13.7 Å². The molecule has 0 unspecified atom stereocenters. The Labute approximate surface area is 83.1 Å². The third-order valence-corrected chi connectivity index (χ3v) is 2.31. The Kier molecular flexibility index (Phi) is 3.58. The van der Waals surface area contributed by atoms with E-state index in [1.165, 1.54) is 0 Å². The van der Waals surface area contributed by atoms with E-state index in [9.17, 15) is 0 Å². The molecule has 1 N–H and O–H groups in total. The number of ether oxygens (including phenoxy) is 1. The molecule has 2 nitrogen and oxygen atoms in total. The summed E-state index contributed by atoms with van der Waals surface area (Å²) >= 11 is 5.93. The van der Waals surface area contributed by atoms with Gasteiger partial charge in [0.25, 0.3) is 0 Å². The Hall–Kier alpha value is -0.730. The number of aliphatic hydroxyl groups excluding tert-OH is 1. The average molecular weight is 201 g/mol. The van der Waals surface area contributed by atoms with Crippen LogP contribution in [-0.2, 0) is 6.42 Å². The normalized spacial score (nSPS) is 10.2. The molecule has 1 rings (SSSR count). The zero-order valence-corrected chi connectivity index (χ0v) is 8.56. The third kappa shape index (κ3) is 2.14. The SMILES string of the molecule is COc1c(Cl)ccc(C)c1CCO. The summed E-state index contributed by atoms with van der Waals surface area (Å²) in [5, 5.41) is 9.45. The van der Waals surface area contributed by atoms with Crippen molar-refractivity contribution in [3.8, 4) is 5.75 Å². The fourth-order valence-electron chi connectivity index (χ4n) is 1.34. The Bertz CT molecular complexity index is 297. The maximum absolute atomic E-state index is 8.86. The molecule has 0 saturated heterocycles. The van der Waals surface area contributed by atoms with E-state index in [2.05, 4.69) is 0 Å². The highest BCUT2D eigenvalue weighted by atomic mass is 35.5. The number of hydrogen-bond donors (Lipinski definition) is 1. The Morgan fingerprint density at radius 1 is 1.46 bits per heavy atom. The van der Waals surface area contributed by atoms with Crippen LogP contribution in [0.15, 0.2) is 12.1 Å². The molecule has 0 aromatic heterocycles. The monoisotopic (exact) mass is 200 g/mol. The van der Waals surface area contributed by atoms with Crippen LogP contribution in [0.2, 0.25) is 5.02 Å². The number of rotatable bonds is 3. The van der Waals surface area contributed by atoms with Crippen molar-refractivity contribution in [3.05, 3.63) is 28.3 Å². The number of halogens is 1. The average Bonchev–Trinajstić information content (AvgIpc) is 2.12. The molecular formula is C10H13ClO2. The van der Waals surface area contributed by atoms with Crippen molar-refractivity contribution in [1.82, 2.24) is 0 Å². The predicted octanol–water partition coefficient (Wildman–Crippen LogP) is 2.19. The van der Waals surface area contributed by atoms with Gasteiger partial charge in [-0.3, -0.25) is 0 Å². The summed E-state index contributed by atoms with van der Waals surface area (Å²) in [5.41, 5.74) is 2.08. The second-order valence-electron chi connectivity index (χ2n) is 2.85. The summed E-state index contributed by atoms with van der Waals surface area (Å²) in [6.07, 6.45) is 0.579. The van der Waals surface area contributed by atoms with E-state index >= 15 is 0 Å². The van der Waals surface area contributed by atoms with Crippen LogP contribution < -0.4 is 4.74 Å². The standard InChI is InChI=1S/C10H13ClO2/c1-7-3-4-9(11)10(13-2)8(7)5-6-12/h3-4,12H,5-6H2,1-2H3. The number of aliphatic hydroxyl groups is 1. The highest BCUT2D eigenvalue weighted by Crippen LogP contribution is 2.30. The van der Waals surface area contributed by atoms with Gasteiger partial charge in [-0.25, -0.2) is 0 Å². The minimum Gasteiger partial charge on any atom is -0.495 e. The summed E-state index contributed by atoms with van der Waals surface area (Å²) in [6, 6.07) is 3.73. The van der Waals surface area contributed by atoms with E-state index in [-0.39, 0.29) is 6.61 Å². The van der Waals surface area contributed by atoms with Crippen molar-refractivity contribution >= 4 is 11.6 Å². The van der Waals surface area contributed by atoms with Crippen LogP contribution in [0, 0.1) is 6.92 Å². The van der Waals surface area contributed by atoms with Crippen LogP contribution in [0.4, 0.5) is 0 Å². The van der Waals surface area contributed by atoms with Crippen molar-refractivity contribution in [1.29, 1.82) is 0 Å². The molecular weight excluding hydrogens is 188 g/mol. The topological polar surface area (TPSA) is 29.5 Å². The van der Waals surface area contributed by atoms with Gasteiger partial charge < -0.3 is 9.84 Å². The summed E-state index contributed by atoms with van der Waals surface area (Å²) < 4.78 is 5.17. The maximum Gasteiger partial charge on any atom is 0.140 e. The highest BCUT2D eigenvalue weighted by Gasteiger charge is 2.09. The maximum atomic E-state index is 8.86. The molecule has 0 radical (unpaired) electrons. The molecule has 3 heteroatoms. The van der Waals surface area contributed by atoms with Crippen LogP contribution in [0.3, 0.4) is 0 Å². The fourth-order valence-corrected chi connectivity index (χ4v) is 1.60. The first-order chi connectivity index (χ1) is 6.20. The van der Waals surface area contributed by atoms with Gasteiger partial charge >= 0.3 is 0 Å². The Morgan fingerprint density at radius 3 is 2.69 bits per heavy atom. The molecule has 0 heterocycles. The van der Waals surface area contributed by atoms with Gasteiger partial charge in [-0.2, -0.15) is 0 Å². The van der Waals surface area contributed by atoms with Gasteiger partial charge in [-0.05, 0) is 25.0 Å². The second kappa shape index (κ2) is 4.49. The van der Waals surface area contributed by atoms with Gasteiger partial charge in [0.05, 0.1) is 12.1 Å². The molecule has 0 saturated carbocycles. The quantitative estimate of drug-likeness (QED) is 0.811. The van der Waals surface area contributed by atoms with Crippen LogP contribution in [-0.4, -0.2) is 18.8 Å². The van der Waals surface area contributed by atoms with Crippen molar-refractivity contribution in [2.45, 2.75) is 13.3 Å². The number of hydrogen-bond acceptors (Lipinski definition) is 2. The minimum absolute atomic E-state index is 0.109. The molecule has 0 atom stereocenters. The molecule has 0 bridgehead atoms. The zero-order valence-electron chi connectivity index (χ0n) is 7.80. The van der Waals surface area contributed by atoms with Crippen LogP contribution in [0.25, 0.3) is 0 Å². The van der Waals surface area contributed by atoms with Gasteiger partial charge in [-0.15, -0.1) is 0 Å². The van der Waals surface area contributed by atoms with Gasteiger partial charge in [0.1, 0.15) is 5.75 Å². The third-order valence-electron chi connectivity index (χ3n) is 2.01. The predicted molar refractivity (Wildman–Crippen MR) is 53.5 cm³/mol. The Morgan fingerprint density at radius 2 is 2.15 bits per heavy atom. The van der Waals surface area contributed by atoms with E-state index in [4.69, 9.17) is 21.4 Å². The van der Waals surface area contributed by atoms with Crippen LogP contribution in [0.1, 0.15) is 11.1 Å². The molecule has 0 aliphatic rings. The first kappa shape index (κ1) is 10.4.